The van der Waals surface area contributed by atoms with E-state index in [0.717, 1.165) is 25.9 Å². The summed E-state index contributed by atoms with van der Waals surface area (Å²) in [5.41, 5.74) is 0.264. The van der Waals surface area contributed by atoms with Crippen LogP contribution < -0.4 is 10.6 Å². The van der Waals surface area contributed by atoms with Crippen molar-refractivity contribution in [2.75, 3.05) is 13.1 Å². The minimum atomic E-state index is -0.914. The van der Waals surface area contributed by atoms with Crippen LogP contribution in [0.4, 0.5) is 4.79 Å². The van der Waals surface area contributed by atoms with Crippen molar-refractivity contribution in [3.8, 4) is 0 Å². The van der Waals surface area contributed by atoms with E-state index < -0.39 is 6.09 Å². The lowest BCUT2D eigenvalue weighted by molar-refractivity contribution is 0.163. The van der Waals surface area contributed by atoms with E-state index in [0.29, 0.717) is 5.92 Å². The van der Waals surface area contributed by atoms with Gasteiger partial charge in [0.25, 0.3) is 0 Å². The molecule has 1 amide bonds. The first-order chi connectivity index (χ1) is 6.88. The van der Waals surface area contributed by atoms with Gasteiger partial charge >= 0.3 is 6.09 Å². The molecule has 1 rings (SSSR count). The number of carboxylic acid groups (broad SMARTS) is 1. The highest BCUT2D eigenvalue weighted by Crippen LogP contribution is 2.29. The Bertz CT molecular complexity index is 223. The topological polar surface area (TPSA) is 61.4 Å². The summed E-state index contributed by atoms with van der Waals surface area (Å²) >= 11 is 0. The van der Waals surface area contributed by atoms with E-state index in [2.05, 4.69) is 31.4 Å². The van der Waals surface area contributed by atoms with Crippen LogP contribution in [0.1, 0.15) is 33.6 Å². The Kier molecular flexibility index (Phi) is 3.97. The van der Waals surface area contributed by atoms with Crippen LogP contribution in [0.25, 0.3) is 0 Å². The number of nitrogens with one attached hydrogen (secondary N) is 2. The highest BCUT2D eigenvalue weighted by atomic mass is 16.4. The molecule has 1 aliphatic heterocycles. The zero-order valence-corrected chi connectivity index (χ0v) is 9.84. The molecule has 1 saturated heterocycles. The Morgan fingerprint density at radius 2 is 2.20 bits per heavy atom. The Morgan fingerprint density at radius 1 is 1.53 bits per heavy atom. The molecule has 0 bridgehead atoms. The summed E-state index contributed by atoms with van der Waals surface area (Å²) in [6.07, 6.45) is 1.21. The van der Waals surface area contributed by atoms with E-state index in [1.807, 2.05) is 0 Å². The SMILES string of the molecule is CC(C)(C)CC1CCNCC1NC(=O)O. The lowest BCUT2D eigenvalue weighted by atomic mass is 9.78. The average Bonchev–Trinajstić information content (AvgIpc) is 2.05. The molecule has 0 saturated carbocycles. The number of rotatable bonds is 2. The predicted octanol–water partition coefficient (Wildman–Crippen LogP) is 1.67. The van der Waals surface area contributed by atoms with Gasteiger partial charge in [-0.05, 0) is 30.7 Å². The normalized spacial score (nSPS) is 27.4. The van der Waals surface area contributed by atoms with E-state index in [4.69, 9.17) is 5.11 Å². The molecule has 0 aromatic rings. The van der Waals surface area contributed by atoms with Gasteiger partial charge in [-0.1, -0.05) is 20.8 Å². The molecular weight excluding hydrogens is 192 g/mol. The van der Waals surface area contributed by atoms with Gasteiger partial charge in [-0.2, -0.15) is 0 Å². The molecule has 0 aliphatic carbocycles. The molecule has 88 valence electrons. The molecule has 15 heavy (non-hydrogen) atoms. The molecular formula is C11H22N2O2. The van der Waals surface area contributed by atoms with Crippen LogP contribution in [0.2, 0.25) is 0 Å². The summed E-state index contributed by atoms with van der Waals surface area (Å²) in [6, 6.07) is 0.0653. The molecule has 1 aliphatic rings. The first-order valence-electron chi connectivity index (χ1n) is 5.59. The zero-order valence-electron chi connectivity index (χ0n) is 9.84. The summed E-state index contributed by atoms with van der Waals surface area (Å²) in [5.74, 6) is 0.461. The lowest BCUT2D eigenvalue weighted by Crippen LogP contribution is -2.51. The molecule has 0 spiro atoms. The fourth-order valence-electron chi connectivity index (χ4n) is 2.27. The van der Waals surface area contributed by atoms with Crippen LogP contribution in [0.15, 0.2) is 0 Å². The van der Waals surface area contributed by atoms with Crippen molar-refractivity contribution < 1.29 is 9.90 Å². The molecule has 3 N–H and O–H groups in total. The maximum atomic E-state index is 10.6. The number of carbonyl (C=O) groups is 1. The minimum absolute atomic E-state index is 0.0653. The molecule has 0 radical (unpaired) electrons. The first-order valence-corrected chi connectivity index (χ1v) is 5.59. The Balaban J connectivity index is 2.53. The minimum Gasteiger partial charge on any atom is -0.465 e. The second-order valence-corrected chi connectivity index (χ2v) is 5.57. The van der Waals surface area contributed by atoms with Crippen LogP contribution >= 0.6 is 0 Å². The van der Waals surface area contributed by atoms with Gasteiger partial charge in [-0.15, -0.1) is 0 Å². The summed E-state index contributed by atoms with van der Waals surface area (Å²) in [6.45, 7) is 8.36. The number of piperidine rings is 1. The third-order valence-electron chi connectivity index (χ3n) is 2.81. The standard InChI is InChI=1S/C11H22N2O2/c1-11(2,3)6-8-4-5-12-7-9(8)13-10(14)15/h8-9,12-13H,4-7H2,1-3H3,(H,14,15). The molecule has 1 heterocycles. The molecule has 0 aromatic heterocycles. The Labute approximate surface area is 91.4 Å². The average molecular weight is 214 g/mol. The van der Waals surface area contributed by atoms with Crippen molar-refractivity contribution in [2.24, 2.45) is 11.3 Å². The zero-order chi connectivity index (χ0) is 11.5. The van der Waals surface area contributed by atoms with Crippen LogP contribution in [0, 0.1) is 11.3 Å². The maximum Gasteiger partial charge on any atom is 0.404 e. The predicted molar refractivity (Wildman–Crippen MR) is 60.0 cm³/mol. The summed E-state index contributed by atoms with van der Waals surface area (Å²) < 4.78 is 0. The summed E-state index contributed by atoms with van der Waals surface area (Å²) in [4.78, 5) is 10.6. The van der Waals surface area contributed by atoms with Crippen molar-refractivity contribution in [3.05, 3.63) is 0 Å². The Morgan fingerprint density at radius 3 is 2.73 bits per heavy atom. The fraction of sp³-hybridized carbons (Fsp3) is 0.909. The van der Waals surface area contributed by atoms with Crippen molar-refractivity contribution >= 4 is 6.09 Å². The van der Waals surface area contributed by atoms with Gasteiger partial charge in [-0.3, -0.25) is 0 Å². The van der Waals surface area contributed by atoms with Crippen LogP contribution in [-0.2, 0) is 0 Å². The van der Waals surface area contributed by atoms with Gasteiger partial charge in [0.05, 0.1) is 0 Å². The quantitative estimate of drug-likeness (QED) is 0.655. The largest absolute Gasteiger partial charge is 0.465 e. The third kappa shape index (κ3) is 4.51. The monoisotopic (exact) mass is 214 g/mol. The first kappa shape index (κ1) is 12.3. The highest BCUT2D eigenvalue weighted by Gasteiger charge is 2.29. The Hall–Kier alpha value is -0.770. The molecule has 1 fully saturated rings. The van der Waals surface area contributed by atoms with E-state index in [9.17, 15) is 4.79 Å². The van der Waals surface area contributed by atoms with Crippen molar-refractivity contribution in [1.82, 2.24) is 10.6 Å². The third-order valence-corrected chi connectivity index (χ3v) is 2.81. The highest BCUT2D eigenvalue weighted by molar-refractivity contribution is 5.64. The van der Waals surface area contributed by atoms with Crippen molar-refractivity contribution in [3.63, 3.8) is 0 Å². The second-order valence-electron chi connectivity index (χ2n) is 5.57. The van der Waals surface area contributed by atoms with E-state index in [1.165, 1.54) is 0 Å². The number of amides is 1. The molecule has 2 unspecified atom stereocenters. The maximum absolute atomic E-state index is 10.6. The van der Waals surface area contributed by atoms with Crippen LogP contribution in [0.5, 0.6) is 0 Å². The molecule has 4 heteroatoms. The van der Waals surface area contributed by atoms with E-state index in [-0.39, 0.29) is 11.5 Å². The van der Waals surface area contributed by atoms with Crippen LogP contribution in [-0.4, -0.2) is 30.3 Å². The summed E-state index contributed by atoms with van der Waals surface area (Å²) in [5, 5.41) is 14.6. The number of hydrogen-bond donors (Lipinski definition) is 3. The van der Waals surface area contributed by atoms with Gasteiger partial charge in [0, 0.05) is 12.6 Å². The molecule has 4 nitrogen and oxygen atoms in total. The van der Waals surface area contributed by atoms with Crippen molar-refractivity contribution in [1.29, 1.82) is 0 Å². The van der Waals surface area contributed by atoms with Crippen LogP contribution in [0.3, 0.4) is 0 Å². The van der Waals surface area contributed by atoms with E-state index >= 15 is 0 Å². The van der Waals surface area contributed by atoms with Gasteiger partial charge < -0.3 is 15.7 Å². The lowest BCUT2D eigenvalue weighted by Gasteiger charge is -2.35. The summed E-state index contributed by atoms with van der Waals surface area (Å²) in [7, 11) is 0. The van der Waals surface area contributed by atoms with Gasteiger partial charge in [0.2, 0.25) is 0 Å². The van der Waals surface area contributed by atoms with Gasteiger partial charge in [-0.25, -0.2) is 4.79 Å². The molecule has 2 atom stereocenters. The van der Waals surface area contributed by atoms with Gasteiger partial charge in [0.15, 0.2) is 0 Å². The number of hydrogen-bond acceptors (Lipinski definition) is 2. The van der Waals surface area contributed by atoms with E-state index in [1.54, 1.807) is 0 Å². The molecule has 0 aromatic carbocycles. The smallest absolute Gasteiger partial charge is 0.404 e. The van der Waals surface area contributed by atoms with Crippen molar-refractivity contribution in [2.45, 2.75) is 39.7 Å². The second kappa shape index (κ2) is 4.84. The fourth-order valence-corrected chi connectivity index (χ4v) is 2.27. The van der Waals surface area contributed by atoms with Gasteiger partial charge in [0.1, 0.15) is 0 Å².